The minimum absolute atomic E-state index is 0.826. The molecule has 0 nitrogen and oxygen atoms in total. The minimum atomic E-state index is -0.826. The molecule has 0 unspecified atom stereocenters. The fourth-order valence-corrected chi connectivity index (χ4v) is 4.43. The van der Waals surface area contributed by atoms with Crippen molar-refractivity contribution in [3.8, 4) is 11.1 Å². The molecule has 0 saturated heterocycles. The van der Waals surface area contributed by atoms with Crippen molar-refractivity contribution in [1.29, 1.82) is 0 Å². The van der Waals surface area contributed by atoms with E-state index in [2.05, 4.69) is 85.8 Å². The fourth-order valence-electron chi connectivity index (χ4n) is 4.43. The van der Waals surface area contributed by atoms with Crippen LogP contribution in [0.3, 0.4) is 0 Å². The van der Waals surface area contributed by atoms with E-state index in [9.17, 15) is 0 Å². The molecule has 0 aliphatic heterocycles. The predicted molar refractivity (Wildman–Crippen MR) is 125 cm³/mol. The Kier molecular flexibility index (Phi) is 6.91. The van der Waals surface area contributed by atoms with Crippen molar-refractivity contribution < 1.29 is 20.8 Å². The fraction of sp³-hybridized carbons (Fsp3) is 0.154. The topological polar surface area (TPSA) is 0 Å². The number of hydrogen-bond donors (Lipinski definition) is 0. The van der Waals surface area contributed by atoms with Gasteiger partial charge in [0, 0.05) is 0 Å². The van der Waals surface area contributed by atoms with Crippen molar-refractivity contribution in [2.75, 3.05) is 0 Å². The summed E-state index contributed by atoms with van der Waals surface area (Å²) in [6.07, 6.45) is 5.97. The molecular weight excluding hydrogens is 474 g/mol. The molecule has 5 rings (SSSR count). The summed E-state index contributed by atoms with van der Waals surface area (Å²) >= 11 is -0.826. The van der Waals surface area contributed by atoms with Gasteiger partial charge in [-0.25, -0.2) is 0 Å². The summed E-state index contributed by atoms with van der Waals surface area (Å²) < 4.78 is 0. The van der Waals surface area contributed by atoms with Gasteiger partial charge in [-0.1, -0.05) is 91.7 Å². The number of halogens is 2. The van der Waals surface area contributed by atoms with Crippen LogP contribution in [0.2, 0.25) is 0 Å². The number of fused-ring (bicyclic) bond motifs is 4. The van der Waals surface area contributed by atoms with Gasteiger partial charge >= 0.3 is 37.9 Å². The first-order chi connectivity index (χ1) is 14.3. The Balaban J connectivity index is 0.000000645. The molecular formula is C26H22Cl2Zr. The third-order valence-electron chi connectivity index (χ3n) is 5.59. The van der Waals surface area contributed by atoms with Gasteiger partial charge in [-0.2, -0.15) is 0 Å². The Morgan fingerprint density at radius 2 is 1.48 bits per heavy atom. The van der Waals surface area contributed by atoms with Crippen LogP contribution in [0.25, 0.3) is 38.7 Å². The Labute approximate surface area is 191 Å². The molecule has 0 amide bonds. The zero-order valence-electron chi connectivity index (χ0n) is 16.4. The van der Waals surface area contributed by atoms with Gasteiger partial charge in [-0.3, -0.25) is 0 Å². The second-order valence-electron chi connectivity index (χ2n) is 7.37. The van der Waals surface area contributed by atoms with E-state index in [-0.39, 0.29) is 0 Å². The maximum absolute atomic E-state index is 4.93. The van der Waals surface area contributed by atoms with Crippen LogP contribution in [0.15, 0.2) is 78.4 Å². The molecule has 0 N–H and O–H groups in total. The standard InChI is InChI=1S/C26H22.2ClH.Zr/c1-2-8-18-15-19-10-7-14-24(25(19)16-18)26-17-20-9-3-4-11-21(20)22-12-5-6-13-23(22)26;;;/h3-7,9-14,16-17H,2,8,15H2,1H3;2*1H;/q;;;+2/p-2. The SMILES string of the molecule is CCCC1=Cc2c(cccc2-c2cc3ccccc3c3ccccc23)C1.[Cl][Zr][Cl]. The van der Waals surface area contributed by atoms with Crippen molar-refractivity contribution in [3.63, 3.8) is 0 Å². The van der Waals surface area contributed by atoms with Gasteiger partial charge in [-0.15, -0.1) is 0 Å². The average Bonchev–Trinajstić information content (AvgIpc) is 3.17. The first-order valence-corrected chi connectivity index (χ1v) is 16.3. The van der Waals surface area contributed by atoms with Gasteiger partial charge in [0.25, 0.3) is 0 Å². The van der Waals surface area contributed by atoms with Crippen LogP contribution >= 0.6 is 17.0 Å². The molecule has 1 aliphatic rings. The Morgan fingerprint density at radius 3 is 2.24 bits per heavy atom. The molecule has 4 aromatic carbocycles. The average molecular weight is 497 g/mol. The van der Waals surface area contributed by atoms with Gasteiger partial charge in [0.15, 0.2) is 0 Å². The van der Waals surface area contributed by atoms with Gasteiger partial charge in [0.1, 0.15) is 0 Å². The number of hydrogen-bond acceptors (Lipinski definition) is 0. The second-order valence-corrected chi connectivity index (χ2v) is 11.1. The summed E-state index contributed by atoms with van der Waals surface area (Å²) in [6.45, 7) is 2.27. The second kappa shape index (κ2) is 9.61. The predicted octanol–water partition coefficient (Wildman–Crippen LogP) is 8.78. The first-order valence-electron chi connectivity index (χ1n) is 9.95. The van der Waals surface area contributed by atoms with E-state index in [0.717, 1.165) is 6.42 Å². The summed E-state index contributed by atoms with van der Waals surface area (Å²) in [7, 11) is 9.87. The van der Waals surface area contributed by atoms with Crippen LogP contribution in [0, 0.1) is 0 Å². The van der Waals surface area contributed by atoms with E-state index in [4.69, 9.17) is 17.0 Å². The maximum atomic E-state index is 4.93. The third-order valence-corrected chi connectivity index (χ3v) is 5.59. The van der Waals surface area contributed by atoms with Crippen molar-refractivity contribution in [2.24, 2.45) is 0 Å². The monoisotopic (exact) mass is 494 g/mol. The van der Waals surface area contributed by atoms with E-state index in [1.54, 1.807) is 5.57 Å². The molecule has 0 radical (unpaired) electrons. The van der Waals surface area contributed by atoms with Gasteiger partial charge < -0.3 is 0 Å². The van der Waals surface area contributed by atoms with E-state index in [0.29, 0.717) is 0 Å². The van der Waals surface area contributed by atoms with Crippen molar-refractivity contribution in [3.05, 3.63) is 89.5 Å². The van der Waals surface area contributed by atoms with Crippen LogP contribution in [0.1, 0.15) is 30.9 Å². The van der Waals surface area contributed by atoms with E-state index in [1.165, 1.54) is 56.6 Å². The van der Waals surface area contributed by atoms with Crippen LogP contribution in [-0.2, 0) is 27.3 Å². The normalized spacial score (nSPS) is 12.3. The molecule has 0 fully saturated rings. The van der Waals surface area contributed by atoms with Gasteiger partial charge in [0.05, 0.1) is 0 Å². The zero-order valence-corrected chi connectivity index (χ0v) is 20.4. The van der Waals surface area contributed by atoms with E-state index >= 15 is 0 Å². The summed E-state index contributed by atoms with van der Waals surface area (Å²) in [4.78, 5) is 0. The molecule has 0 saturated carbocycles. The van der Waals surface area contributed by atoms with Crippen molar-refractivity contribution >= 4 is 44.6 Å². The molecule has 0 atom stereocenters. The van der Waals surface area contributed by atoms with Crippen molar-refractivity contribution in [2.45, 2.75) is 26.2 Å². The van der Waals surface area contributed by atoms with Gasteiger partial charge in [0.2, 0.25) is 0 Å². The Bertz CT molecular complexity index is 1190. The molecule has 144 valence electrons. The third kappa shape index (κ3) is 4.24. The van der Waals surface area contributed by atoms with Crippen LogP contribution < -0.4 is 0 Å². The number of rotatable bonds is 3. The van der Waals surface area contributed by atoms with E-state index in [1.807, 2.05) is 0 Å². The van der Waals surface area contributed by atoms with Crippen LogP contribution in [-0.4, -0.2) is 0 Å². The molecule has 0 spiro atoms. The summed E-state index contributed by atoms with van der Waals surface area (Å²) in [5.41, 5.74) is 7.19. The molecule has 3 heteroatoms. The first kappa shape index (κ1) is 20.9. The Morgan fingerprint density at radius 1 is 0.793 bits per heavy atom. The zero-order chi connectivity index (χ0) is 20.2. The molecule has 29 heavy (non-hydrogen) atoms. The number of benzene rings is 4. The van der Waals surface area contributed by atoms with Crippen molar-refractivity contribution in [1.82, 2.24) is 0 Å². The van der Waals surface area contributed by atoms with E-state index < -0.39 is 20.8 Å². The summed E-state index contributed by atoms with van der Waals surface area (Å²) in [6, 6.07) is 26.7. The molecule has 0 aromatic heterocycles. The molecule has 0 heterocycles. The quantitative estimate of drug-likeness (QED) is 0.249. The van der Waals surface area contributed by atoms with Gasteiger partial charge in [-0.05, 0) is 62.7 Å². The van der Waals surface area contributed by atoms with Crippen LogP contribution in [0.4, 0.5) is 0 Å². The molecule has 0 bridgehead atoms. The number of allylic oxidation sites excluding steroid dienone is 1. The molecule has 1 aliphatic carbocycles. The summed E-state index contributed by atoms with van der Waals surface area (Å²) in [5.74, 6) is 0. The van der Waals surface area contributed by atoms with Crippen LogP contribution in [0.5, 0.6) is 0 Å². The summed E-state index contributed by atoms with van der Waals surface area (Å²) in [5, 5.41) is 5.34. The molecule has 4 aromatic rings. The Hall–Kier alpha value is -1.40.